The smallest absolute Gasteiger partial charge is 0.261 e. The lowest BCUT2D eigenvalue weighted by atomic mass is 9.79. The maximum atomic E-state index is 13.2. The van der Waals surface area contributed by atoms with Crippen molar-refractivity contribution in [2.24, 2.45) is 4.99 Å². The molecule has 1 amide bonds. The lowest BCUT2D eigenvalue weighted by molar-refractivity contribution is -0.132. The van der Waals surface area contributed by atoms with Crippen LogP contribution in [0.25, 0.3) is 0 Å². The summed E-state index contributed by atoms with van der Waals surface area (Å²) >= 11 is 3.16. The number of amidine groups is 1. The molecule has 122 valence electrons. The maximum absolute atomic E-state index is 13.2. The van der Waals surface area contributed by atoms with Crippen molar-refractivity contribution in [1.82, 2.24) is 4.90 Å². The molecule has 0 saturated heterocycles. The fourth-order valence-electron chi connectivity index (χ4n) is 3.42. The minimum absolute atomic E-state index is 0.0311. The SMILES string of the molecule is Bc1ccc2c(c1)C1(CC(c3cccs3)O2)N=C(SC)N(C)C1=O. The number of fused-ring (bicyclic) bond motifs is 2. The van der Waals surface area contributed by atoms with E-state index in [2.05, 4.69) is 6.07 Å². The van der Waals surface area contributed by atoms with Gasteiger partial charge in [0.1, 0.15) is 19.7 Å². The second kappa shape index (κ2) is 5.67. The first-order valence-electron chi connectivity index (χ1n) is 7.78. The number of amides is 1. The van der Waals surface area contributed by atoms with E-state index in [4.69, 9.17) is 9.73 Å². The van der Waals surface area contributed by atoms with E-state index in [0.29, 0.717) is 6.42 Å². The van der Waals surface area contributed by atoms with Crippen LogP contribution < -0.4 is 10.2 Å². The van der Waals surface area contributed by atoms with Crippen LogP contribution in [0.5, 0.6) is 5.75 Å². The third kappa shape index (κ3) is 2.22. The van der Waals surface area contributed by atoms with Crippen molar-refractivity contribution in [3.05, 3.63) is 46.2 Å². The predicted octanol–water partition coefficient (Wildman–Crippen LogP) is 1.92. The van der Waals surface area contributed by atoms with Crippen LogP contribution in [0.4, 0.5) is 0 Å². The largest absolute Gasteiger partial charge is 0.484 e. The van der Waals surface area contributed by atoms with Crippen molar-refractivity contribution in [1.29, 1.82) is 0 Å². The molecule has 0 fully saturated rings. The van der Waals surface area contributed by atoms with Gasteiger partial charge >= 0.3 is 0 Å². The van der Waals surface area contributed by atoms with Gasteiger partial charge < -0.3 is 4.74 Å². The molecule has 1 aromatic heterocycles. The number of thioether (sulfide) groups is 1. The van der Waals surface area contributed by atoms with Gasteiger partial charge in [0.25, 0.3) is 5.91 Å². The highest BCUT2D eigenvalue weighted by Gasteiger charge is 2.54. The second-order valence-electron chi connectivity index (χ2n) is 6.15. The molecule has 4 nitrogen and oxygen atoms in total. The van der Waals surface area contributed by atoms with Gasteiger partial charge in [-0.15, -0.1) is 11.3 Å². The molecule has 2 atom stereocenters. The maximum Gasteiger partial charge on any atom is 0.261 e. The van der Waals surface area contributed by atoms with Crippen LogP contribution in [-0.4, -0.2) is 37.1 Å². The fourth-order valence-corrected chi connectivity index (χ4v) is 4.78. The average Bonchev–Trinajstić information content (AvgIpc) is 3.19. The first-order chi connectivity index (χ1) is 11.5. The molecule has 3 heterocycles. The normalized spacial score (nSPS) is 25.6. The standard InChI is InChI=1S/C17H17BN2O2S2/c1-20-15(21)17(19-16(20)23-2)9-13(14-4-3-7-24-14)22-12-6-5-10(18)8-11(12)17/h3-8,13H,9,18H2,1-2H3. The average molecular weight is 356 g/mol. The number of rotatable bonds is 1. The van der Waals surface area contributed by atoms with E-state index in [1.165, 1.54) is 11.8 Å². The molecule has 1 aromatic carbocycles. The second-order valence-corrected chi connectivity index (χ2v) is 7.90. The van der Waals surface area contributed by atoms with Crippen molar-refractivity contribution in [3.8, 4) is 5.75 Å². The Labute approximate surface area is 150 Å². The van der Waals surface area contributed by atoms with E-state index in [9.17, 15) is 4.79 Å². The van der Waals surface area contributed by atoms with Crippen LogP contribution in [0.2, 0.25) is 0 Å². The number of carbonyl (C=O) groups excluding carboxylic acids is 1. The van der Waals surface area contributed by atoms with Crippen LogP contribution in [-0.2, 0) is 10.3 Å². The van der Waals surface area contributed by atoms with Crippen LogP contribution in [0.3, 0.4) is 0 Å². The number of nitrogens with zero attached hydrogens (tertiary/aromatic N) is 2. The van der Waals surface area contributed by atoms with Crippen molar-refractivity contribution in [3.63, 3.8) is 0 Å². The zero-order valence-electron chi connectivity index (χ0n) is 13.8. The molecule has 1 spiro atoms. The Morgan fingerprint density at radius 2 is 2.29 bits per heavy atom. The monoisotopic (exact) mass is 356 g/mol. The zero-order valence-corrected chi connectivity index (χ0v) is 15.4. The summed E-state index contributed by atoms with van der Waals surface area (Å²) in [6.07, 6.45) is 2.34. The number of hydrogen-bond acceptors (Lipinski definition) is 5. The van der Waals surface area contributed by atoms with Gasteiger partial charge in [-0.25, -0.2) is 4.99 Å². The van der Waals surface area contributed by atoms with Crippen LogP contribution >= 0.6 is 23.1 Å². The van der Waals surface area contributed by atoms with Crippen LogP contribution in [0.1, 0.15) is 23.0 Å². The van der Waals surface area contributed by atoms with Gasteiger partial charge in [-0.2, -0.15) is 0 Å². The molecule has 0 aliphatic carbocycles. The minimum Gasteiger partial charge on any atom is -0.484 e. The molecule has 2 aromatic rings. The van der Waals surface area contributed by atoms with Crippen molar-refractivity contribution in [2.75, 3.05) is 13.3 Å². The molecular formula is C17H17BN2O2S2. The number of carbonyl (C=O) groups is 1. The number of likely N-dealkylation sites (N-methyl/N-ethyl adjacent to an activating group) is 1. The lowest BCUT2D eigenvalue weighted by Crippen LogP contribution is -2.43. The molecule has 24 heavy (non-hydrogen) atoms. The summed E-state index contributed by atoms with van der Waals surface area (Å²) in [4.78, 5) is 20.9. The summed E-state index contributed by atoms with van der Waals surface area (Å²) in [5, 5.41) is 2.80. The summed E-state index contributed by atoms with van der Waals surface area (Å²) in [5.74, 6) is 0.793. The lowest BCUT2D eigenvalue weighted by Gasteiger charge is -2.36. The van der Waals surface area contributed by atoms with E-state index in [1.807, 2.05) is 43.7 Å². The van der Waals surface area contributed by atoms with Gasteiger partial charge in [0, 0.05) is 23.9 Å². The Morgan fingerprint density at radius 1 is 1.46 bits per heavy atom. The molecule has 0 bridgehead atoms. The van der Waals surface area contributed by atoms with Crippen LogP contribution in [0, 0.1) is 0 Å². The van der Waals surface area contributed by atoms with Crippen molar-refractivity contribution >= 4 is 47.5 Å². The Balaban J connectivity index is 1.90. The highest BCUT2D eigenvalue weighted by molar-refractivity contribution is 8.13. The van der Waals surface area contributed by atoms with Gasteiger partial charge in [0.15, 0.2) is 10.7 Å². The Bertz CT molecular complexity index is 837. The number of ether oxygens (including phenoxy) is 1. The summed E-state index contributed by atoms with van der Waals surface area (Å²) in [6, 6.07) is 10.1. The van der Waals surface area contributed by atoms with E-state index < -0.39 is 5.54 Å². The molecule has 2 unspecified atom stereocenters. The highest BCUT2D eigenvalue weighted by atomic mass is 32.2. The predicted molar refractivity (Wildman–Crippen MR) is 102 cm³/mol. The van der Waals surface area contributed by atoms with Gasteiger partial charge in [-0.1, -0.05) is 35.4 Å². The zero-order chi connectivity index (χ0) is 16.9. The van der Waals surface area contributed by atoms with Crippen molar-refractivity contribution < 1.29 is 9.53 Å². The fraction of sp³-hybridized carbons (Fsp3) is 0.294. The number of thiophene rings is 1. The first kappa shape index (κ1) is 15.8. The molecule has 7 heteroatoms. The summed E-state index contributed by atoms with van der Waals surface area (Å²) in [5.41, 5.74) is 1.12. The van der Waals surface area contributed by atoms with Gasteiger partial charge in [-0.3, -0.25) is 9.69 Å². The van der Waals surface area contributed by atoms with Crippen molar-refractivity contribution in [2.45, 2.75) is 18.1 Å². The van der Waals surface area contributed by atoms with Gasteiger partial charge in [-0.05, 0) is 23.8 Å². The Kier molecular flexibility index (Phi) is 3.73. The minimum atomic E-state index is -0.874. The van der Waals surface area contributed by atoms with Gasteiger partial charge in [0.2, 0.25) is 0 Å². The molecule has 0 N–H and O–H groups in total. The third-order valence-electron chi connectivity index (χ3n) is 4.61. The van der Waals surface area contributed by atoms with E-state index in [-0.39, 0.29) is 12.0 Å². The third-order valence-corrected chi connectivity index (χ3v) is 6.30. The van der Waals surface area contributed by atoms with E-state index in [1.54, 1.807) is 23.3 Å². The molecular weight excluding hydrogens is 339 g/mol. The first-order valence-corrected chi connectivity index (χ1v) is 9.89. The topological polar surface area (TPSA) is 41.9 Å². The van der Waals surface area contributed by atoms with Crippen LogP contribution in [0.15, 0.2) is 40.7 Å². The molecule has 0 saturated carbocycles. The summed E-state index contributed by atoms with van der Waals surface area (Å²) < 4.78 is 6.23. The quantitative estimate of drug-likeness (QED) is 0.734. The molecule has 0 radical (unpaired) electrons. The summed E-state index contributed by atoms with van der Waals surface area (Å²) in [6.45, 7) is 0. The Hall–Kier alpha value is -1.73. The van der Waals surface area contributed by atoms with E-state index in [0.717, 1.165) is 26.8 Å². The van der Waals surface area contributed by atoms with E-state index >= 15 is 0 Å². The highest BCUT2D eigenvalue weighted by Crippen LogP contribution is 2.50. The summed E-state index contributed by atoms with van der Waals surface area (Å²) in [7, 11) is 3.83. The molecule has 2 aliphatic heterocycles. The molecule has 4 rings (SSSR count). The molecule has 2 aliphatic rings. The number of hydrogen-bond donors (Lipinski definition) is 0. The Morgan fingerprint density at radius 3 is 2.96 bits per heavy atom. The number of benzene rings is 1. The van der Waals surface area contributed by atoms with Gasteiger partial charge in [0.05, 0.1) is 0 Å². The number of aliphatic imine (C=N–C) groups is 1.